The average Bonchev–Trinajstić information content (AvgIpc) is 3.38. The number of hydrogen-bond acceptors (Lipinski definition) is 7. The Morgan fingerprint density at radius 3 is 2.75 bits per heavy atom. The van der Waals surface area contributed by atoms with E-state index in [1.807, 2.05) is 6.92 Å². The van der Waals surface area contributed by atoms with Gasteiger partial charge in [-0.2, -0.15) is 19.6 Å². The maximum Gasteiger partial charge on any atom is 0.326 e. The quantitative estimate of drug-likeness (QED) is 0.320. The molecule has 10 nitrogen and oxygen atoms in total. The number of nitrogens with one attached hydrogen (secondary N) is 4. The Balaban J connectivity index is 1.53. The standard InChI is InChI=1S/C20H18Cl2N8O2/c1-9(13-7-11(21)2-5-14(13)22)24-18-27-16-10(6-15-17(31)28-20(32)26-15)8-23-30(16)19(29-18)25-12-3-4-12/h2,5-9,12H,3-4H2,1H3,(H2,24,25,27,29)(H2,26,28,31,32)/b15-6-. The average molecular weight is 473 g/mol. The van der Waals surface area contributed by atoms with Crippen molar-refractivity contribution in [3.63, 3.8) is 0 Å². The van der Waals surface area contributed by atoms with E-state index < -0.39 is 11.9 Å². The first kappa shape index (κ1) is 20.5. The summed E-state index contributed by atoms with van der Waals surface area (Å²) in [5.74, 6) is 0.362. The topological polar surface area (TPSA) is 125 Å². The molecule has 2 fully saturated rings. The van der Waals surface area contributed by atoms with E-state index in [0.29, 0.717) is 39.2 Å². The number of urea groups is 1. The second-order valence-corrected chi connectivity index (χ2v) is 8.47. The molecule has 2 aliphatic rings. The highest BCUT2D eigenvalue weighted by Gasteiger charge is 2.26. The van der Waals surface area contributed by atoms with Gasteiger partial charge in [0.1, 0.15) is 5.70 Å². The van der Waals surface area contributed by atoms with Crippen molar-refractivity contribution in [2.45, 2.75) is 31.8 Å². The van der Waals surface area contributed by atoms with Crippen LogP contribution in [0.5, 0.6) is 0 Å². The van der Waals surface area contributed by atoms with Gasteiger partial charge < -0.3 is 16.0 Å². The molecule has 1 aliphatic heterocycles. The number of carbonyl (C=O) groups is 2. The molecular weight excluding hydrogens is 455 g/mol. The minimum atomic E-state index is -0.571. The number of halogens is 2. The van der Waals surface area contributed by atoms with Crippen molar-refractivity contribution < 1.29 is 9.59 Å². The molecule has 1 aromatic carbocycles. The second kappa shape index (κ2) is 7.95. The highest BCUT2D eigenvalue weighted by atomic mass is 35.5. The van der Waals surface area contributed by atoms with E-state index in [-0.39, 0.29) is 11.7 Å². The number of imide groups is 1. The third-order valence-corrected chi connectivity index (χ3v) is 5.68. The Morgan fingerprint density at radius 1 is 1.22 bits per heavy atom. The maximum atomic E-state index is 11.9. The van der Waals surface area contributed by atoms with E-state index >= 15 is 0 Å². The second-order valence-electron chi connectivity index (χ2n) is 7.62. The van der Waals surface area contributed by atoms with Crippen LogP contribution in [-0.2, 0) is 4.79 Å². The Kier molecular flexibility index (Phi) is 5.10. The minimum absolute atomic E-state index is 0.119. The largest absolute Gasteiger partial charge is 0.351 e. The normalized spacial score (nSPS) is 18.0. The summed E-state index contributed by atoms with van der Waals surface area (Å²) in [6.07, 6.45) is 5.19. The van der Waals surface area contributed by atoms with Crippen LogP contribution in [-0.4, -0.2) is 37.6 Å². The van der Waals surface area contributed by atoms with Gasteiger partial charge >= 0.3 is 6.03 Å². The van der Waals surface area contributed by atoms with Gasteiger partial charge in [0.05, 0.1) is 12.2 Å². The van der Waals surface area contributed by atoms with Crippen molar-refractivity contribution in [3.8, 4) is 0 Å². The zero-order valence-corrected chi connectivity index (χ0v) is 18.3. The van der Waals surface area contributed by atoms with Crippen LogP contribution >= 0.6 is 23.2 Å². The lowest BCUT2D eigenvalue weighted by molar-refractivity contribution is -0.115. The van der Waals surface area contributed by atoms with E-state index in [0.717, 1.165) is 18.4 Å². The minimum Gasteiger partial charge on any atom is -0.351 e. The molecule has 1 atom stereocenters. The number of aromatic nitrogens is 4. The summed E-state index contributed by atoms with van der Waals surface area (Å²) in [6, 6.07) is 4.78. The molecular formula is C20H18Cl2N8O2. The molecule has 1 unspecified atom stereocenters. The van der Waals surface area contributed by atoms with Crippen molar-refractivity contribution in [1.82, 2.24) is 30.2 Å². The van der Waals surface area contributed by atoms with Gasteiger partial charge in [-0.1, -0.05) is 23.2 Å². The van der Waals surface area contributed by atoms with Crippen LogP contribution in [0, 0.1) is 0 Å². The molecule has 4 N–H and O–H groups in total. The summed E-state index contributed by atoms with van der Waals surface area (Å²) in [4.78, 5) is 32.5. The number of rotatable bonds is 6. The van der Waals surface area contributed by atoms with Gasteiger partial charge in [-0.05, 0) is 49.6 Å². The number of hydrogen-bond donors (Lipinski definition) is 4. The number of fused-ring (bicyclic) bond motifs is 1. The maximum absolute atomic E-state index is 11.9. The number of amides is 3. The van der Waals surface area contributed by atoms with Gasteiger partial charge in [-0.15, -0.1) is 0 Å². The summed E-state index contributed by atoms with van der Waals surface area (Å²) >= 11 is 12.5. The fraction of sp³-hybridized carbons (Fsp3) is 0.250. The van der Waals surface area contributed by atoms with E-state index in [1.54, 1.807) is 28.9 Å². The molecule has 2 aromatic heterocycles. The van der Waals surface area contributed by atoms with E-state index in [9.17, 15) is 9.59 Å². The molecule has 0 spiro atoms. The zero-order valence-electron chi connectivity index (χ0n) is 16.8. The smallest absolute Gasteiger partial charge is 0.326 e. The third kappa shape index (κ3) is 4.06. The monoisotopic (exact) mass is 472 g/mol. The van der Waals surface area contributed by atoms with Crippen LogP contribution in [0.15, 0.2) is 30.1 Å². The molecule has 164 valence electrons. The summed E-state index contributed by atoms with van der Waals surface area (Å²) in [6.45, 7) is 1.93. The predicted molar refractivity (Wildman–Crippen MR) is 121 cm³/mol. The predicted octanol–water partition coefficient (Wildman–Crippen LogP) is 3.36. The fourth-order valence-corrected chi connectivity index (χ4v) is 3.78. The first-order valence-electron chi connectivity index (χ1n) is 9.95. The fourth-order valence-electron chi connectivity index (χ4n) is 3.32. The van der Waals surface area contributed by atoms with E-state index in [1.165, 1.54) is 6.08 Å². The van der Waals surface area contributed by atoms with Gasteiger partial charge in [0, 0.05) is 21.7 Å². The summed E-state index contributed by atoms with van der Waals surface area (Å²) in [5.41, 5.74) is 1.95. The van der Waals surface area contributed by atoms with E-state index in [2.05, 4.69) is 36.3 Å². The van der Waals surface area contributed by atoms with Gasteiger partial charge in [0.25, 0.3) is 5.91 Å². The van der Waals surface area contributed by atoms with Crippen LogP contribution in [0.3, 0.4) is 0 Å². The molecule has 1 aliphatic carbocycles. The van der Waals surface area contributed by atoms with Crippen molar-refractivity contribution in [3.05, 3.63) is 51.3 Å². The van der Waals surface area contributed by atoms with Crippen molar-refractivity contribution in [1.29, 1.82) is 0 Å². The molecule has 1 saturated heterocycles. The first-order valence-corrected chi connectivity index (χ1v) is 10.7. The van der Waals surface area contributed by atoms with Crippen molar-refractivity contribution in [2.75, 3.05) is 10.6 Å². The van der Waals surface area contributed by atoms with Crippen molar-refractivity contribution in [2.24, 2.45) is 0 Å². The van der Waals surface area contributed by atoms with Gasteiger partial charge in [-0.25, -0.2) is 4.79 Å². The molecule has 3 heterocycles. The van der Waals surface area contributed by atoms with Crippen LogP contribution < -0.4 is 21.3 Å². The van der Waals surface area contributed by atoms with Crippen molar-refractivity contribution >= 4 is 58.8 Å². The lowest BCUT2D eigenvalue weighted by atomic mass is 10.1. The highest BCUT2D eigenvalue weighted by Crippen LogP contribution is 2.30. The first-order chi connectivity index (χ1) is 15.4. The molecule has 1 saturated carbocycles. The Hall–Kier alpha value is -3.37. The van der Waals surface area contributed by atoms with E-state index in [4.69, 9.17) is 23.2 Å². The van der Waals surface area contributed by atoms with Gasteiger partial charge in [-0.3, -0.25) is 10.1 Å². The third-order valence-electron chi connectivity index (χ3n) is 5.10. The molecule has 3 aromatic rings. The lowest BCUT2D eigenvalue weighted by Gasteiger charge is -2.17. The molecule has 3 amide bonds. The van der Waals surface area contributed by atoms with Crippen LogP contribution in [0.2, 0.25) is 10.0 Å². The van der Waals surface area contributed by atoms with Gasteiger partial charge in [0.15, 0.2) is 5.65 Å². The van der Waals surface area contributed by atoms with Crippen LogP contribution in [0.4, 0.5) is 16.7 Å². The highest BCUT2D eigenvalue weighted by molar-refractivity contribution is 6.33. The zero-order chi connectivity index (χ0) is 22.4. The SMILES string of the molecule is CC(Nc1nc(NC2CC2)n2ncc(/C=C3\NC(=O)NC3=O)c2n1)c1cc(Cl)ccc1Cl. The van der Waals surface area contributed by atoms with Crippen LogP contribution in [0.1, 0.15) is 36.9 Å². The molecule has 32 heavy (non-hydrogen) atoms. The molecule has 0 radical (unpaired) electrons. The number of nitrogens with zero attached hydrogens (tertiary/aromatic N) is 4. The van der Waals surface area contributed by atoms with Gasteiger partial charge in [0.2, 0.25) is 11.9 Å². The number of carbonyl (C=O) groups excluding carboxylic acids is 2. The molecule has 12 heteroatoms. The summed E-state index contributed by atoms with van der Waals surface area (Å²) < 4.78 is 1.57. The van der Waals surface area contributed by atoms with Crippen LogP contribution in [0.25, 0.3) is 11.7 Å². The Morgan fingerprint density at radius 2 is 2.03 bits per heavy atom. The summed E-state index contributed by atoms with van der Waals surface area (Å²) in [7, 11) is 0. The Bertz CT molecular complexity index is 1280. The summed E-state index contributed by atoms with van der Waals surface area (Å²) in [5, 5.41) is 16.8. The Labute approximate surface area is 192 Å². The number of anilines is 2. The number of benzene rings is 1. The lowest BCUT2D eigenvalue weighted by Crippen LogP contribution is -2.22. The molecule has 0 bridgehead atoms. The molecule has 5 rings (SSSR count).